The summed E-state index contributed by atoms with van der Waals surface area (Å²) in [6, 6.07) is 0. The van der Waals surface area contributed by atoms with Gasteiger partial charge in [0, 0.05) is 0 Å². The molecule has 0 aromatic carbocycles. The summed E-state index contributed by atoms with van der Waals surface area (Å²) >= 11 is 0. The lowest BCUT2D eigenvalue weighted by Gasteiger charge is -1.85. The lowest BCUT2D eigenvalue weighted by atomic mass is 10.5. The van der Waals surface area contributed by atoms with Crippen molar-refractivity contribution in [3.05, 3.63) is 11.8 Å². The van der Waals surface area contributed by atoms with Crippen molar-refractivity contribution in [3.8, 4) is 0 Å². The van der Waals surface area contributed by atoms with Crippen molar-refractivity contribution in [1.29, 1.82) is 0 Å². The maximum atomic E-state index is 8.40. The van der Waals surface area contributed by atoms with Gasteiger partial charge in [-0.05, 0) is 13.0 Å². The minimum atomic E-state index is 0.245. The average Bonchev–Trinajstić information content (AvgIpc) is 1.65. The SMILES string of the molecule is C/C=C(\O)CN. The predicted octanol–water partition coefficient (Wildman–Crippen LogP) is 0.407. The highest BCUT2D eigenvalue weighted by atomic mass is 16.3. The van der Waals surface area contributed by atoms with E-state index in [1.54, 1.807) is 13.0 Å². The van der Waals surface area contributed by atoms with Gasteiger partial charge in [0.2, 0.25) is 0 Å². The highest BCUT2D eigenvalue weighted by Gasteiger charge is 1.76. The summed E-state index contributed by atoms with van der Waals surface area (Å²) in [5, 5.41) is 8.40. The molecule has 0 fully saturated rings. The molecule has 3 N–H and O–H groups in total. The normalized spacial score (nSPS) is 12.0. The molecule has 36 valence electrons. The van der Waals surface area contributed by atoms with E-state index in [0.717, 1.165) is 0 Å². The number of aliphatic hydroxyl groups is 1. The van der Waals surface area contributed by atoms with Gasteiger partial charge in [-0.3, -0.25) is 0 Å². The second-order valence-electron chi connectivity index (χ2n) is 0.984. The van der Waals surface area contributed by atoms with E-state index in [9.17, 15) is 0 Å². The summed E-state index contributed by atoms with van der Waals surface area (Å²) in [6.45, 7) is 1.98. The van der Waals surface area contributed by atoms with Gasteiger partial charge in [0.05, 0.1) is 6.54 Å². The van der Waals surface area contributed by atoms with E-state index in [0.29, 0.717) is 0 Å². The summed E-state index contributed by atoms with van der Waals surface area (Å²) in [4.78, 5) is 0. The van der Waals surface area contributed by atoms with E-state index in [1.165, 1.54) is 0 Å². The zero-order chi connectivity index (χ0) is 4.99. The number of hydrogen-bond donors (Lipinski definition) is 2. The fourth-order valence-corrected chi connectivity index (χ4v) is 0.118. The maximum absolute atomic E-state index is 8.40. The average molecular weight is 87.1 g/mol. The highest BCUT2D eigenvalue weighted by molar-refractivity contribution is 4.87. The first-order valence-corrected chi connectivity index (χ1v) is 1.85. The van der Waals surface area contributed by atoms with E-state index in [4.69, 9.17) is 10.8 Å². The topological polar surface area (TPSA) is 46.2 Å². The van der Waals surface area contributed by atoms with Crippen LogP contribution in [-0.4, -0.2) is 11.7 Å². The molecule has 0 aliphatic heterocycles. The van der Waals surface area contributed by atoms with E-state index in [1.807, 2.05) is 0 Å². The van der Waals surface area contributed by atoms with Gasteiger partial charge >= 0.3 is 0 Å². The quantitative estimate of drug-likeness (QED) is 0.455. The van der Waals surface area contributed by atoms with Crippen LogP contribution < -0.4 is 5.73 Å². The van der Waals surface area contributed by atoms with Crippen LogP contribution in [0, 0.1) is 0 Å². The van der Waals surface area contributed by atoms with E-state index in [-0.39, 0.29) is 12.3 Å². The third kappa shape index (κ3) is 1.79. The molecule has 2 heteroatoms. The van der Waals surface area contributed by atoms with Crippen LogP contribution in [0.15, 0.2) is 11.8 Å². The van der Waals surface area contributed by atoms with Crippen LogP contribution in [0.3, 0.4) is 0 Å². The second-order valence-corrected chi connectivity index (χ2v) is 0.984. The molecule has 0 aliphatic carbocycles. The molecule has 0 saturated carbocycles. The van der Waals surface area contributed by atoms with Crippen LogP contribution in [0.4, 0.5) is 0 Å². The Morgan fingerprint density at radius 2 is 2.50 bits per heavy atom. The number of hydrogen-bond acceptors (Lipinski definition) is 2. The third-order valence-corrected chi connectivity index (χ3v) is 0.542. The van der Waals surface area contributed by atoms with Crippen LogP contribution in [0.2, 0.25) is 0 Å². The van der Waals surface area contributed by atoms with Gasteiger partial charge in [0.1, 0.15) is 5.76 Å². The smallest absolute Gasteiger partial charge is 0.102 e. The van der Waals surface area contributed by atoms with Crippen molar-refractivity contribution in [3.63, 3.8) is 0 Å². The Hall–Kier alpha value is -0.500. The maximum Gasteiger partial charge on any atom is 0.102 e. The molecular formula is C4H9NO. The summed E-state index contributed by atoms with van der Waals surface area (Å²) < 4.78 is 0. The molecule has 0 amide bonds. The van der Waals surface area contributed by atoms with Gasteiger partial charge in [0.25, 0.3) is 0 Å². The van der Waals surface area contributed by atoms with Crippen molar-refractivity contribution >= 4 is 0 Å². The molecule has 0 rings (SSSR count). The first kappa shape index (κ1) is 5.50. The largest absolute Gasteiger partial charge is 0.511 e. The lowest BCUT2D eigenvalue weighted by Crippen LogP contribution is -2.00. The first-order chi connectivity index (χ1) is 2.81. The van der Waals surface area contributed by atoms with Crippen LogP contribution in [-0.2, 0) is 0 Å². The van der Waals surface area contributed by atoms with Crippen LogP contribution >= 0.6 is 0 Å². The first-order valence-electron chi connectivity index (χ1n) is 1.85. The summed E-state index contributed by atoms with van der Waals surface area (Å²) in [7, 11) is 0. The minimum Gasteiger partial charge on any atom is -0.511 e. The van der Waals surface area contributed by atoms with Gasteiger partial charge in [0.15, 0.2) is 0 Å². The number of nitrogens with two attached hydrogens (primary N) is 1. The molecular weight excluding hydrogens is 78.1 g/mol. The highest BCUT2D eigenvalue weighted by Crippen LogP contribution is 1.77. The molecule has 0 unspecified atom stereocenters. The minimum absolute atomic E-state index is 0.245. The summed E-state index contributed by atoms with van der Waals surface area (Å²) in [5.41, 5.74) is 4.96. The second kappa shape index (κ2) is 2.72. The van der Waals surface area contributed by atoms with Gasteiger partial charge < -0.3 is 10.8 Å². The Bertz CT molecular complexity index is 58.6. The van der Waals surface area contributed by atoms with Gasteiger partial charge in [-0.25, -0.2) is 0 Å². The van der Waals surface area contributed by atoms with Crippen molar-refractivity contribution in [2.45, 2.75) is 6.92 Å². The molecule has 0 heterocycles. The Kier molecular flexibility index (Phi) is 2.50. The monoisotopic (exact) mass is 87.1 g/mol. The zero-order valence-corrected chi connectivity index (χ0v) is 3.81. The molecule has 0 aromatic heterocycles. The van der Waals surface area contributed by atoms with Crippen molar-refractivity contribution < 1.29 is 5.11 Å². The Labute approximate surface area is 37.3 Å². The van der Waals surface area contributed by atoms with Gasteiger partial charge in [-0.2, -0.15) is 0 Å². The molecule has 2 nitrogen and oxygen atoms in total. The fourth-order valence-electron chi connectivity index (χ4n) is 0.118. The Morgan fingerprint density at radius 3 is 2.50 bits per heavy atom. The van der Waals surface area contributed by atoms with Crippen molar-refractivity contribution in [2.75, 3.05) is 6.54 Å². The van der Waals surface area contributed by atoms with Gasteiger partial charge in [-0.15, -0.1) is 0 Å². The molecule has 0 radical (unpaired) electrons. The number of aliphatic hydroxyl groups excluding tert-OH is 1. The zero-order valence-electron chi connectivity index (χ0n) is 3.81. The number of rotatable bonds is 1. The van der Waals surface area contributed by atoms with Crippen LogP contribution in [0.25, 0.3) is 0 Å². The standard InChI is InChI=1S/C4H9NO/c1-2-4(6)3-5/h2,6H,3,5H2,1H3/b4-2-. The van der Waals surface area contributed by atoms with E-state index < -0.39 is 0 Å². The summed E-state index contributed by atoms with van der Waals surface area (Å²) in [5.74, 6) is 0.245. The fraction of sp³-hybridized carbons (Fsp3) is 0.500. The van der Waals surface area contributed by atoms with E-state index >= 15 is 0 Å². The van der Waals surface area contributed by atoms with Crippen molar-refractivity contribution in [1.82, 2.24) is 0 Å². The predicted molar refractivity (Wildman–Crippen MR) is 25.4 cm³/mol. The Balaban J connectivity index is 3.22. The molecule has 0 aliphatic rings. The van der Waals surface area contributed by atoms with Crippen LogP contribution in [0.1, 0.15) is 6.92 Å². The molecule has 0 atom stereocenters. The molecule has 6 heavy (non-hydrogen) atoms. The lowest BCUT2D eigenvalue weighted by molar-refractivity contribution is 0.402. The van der Waals surface area contributed by atoms with Crippen molar-refractivity contribution in [2.24, 2.45) is 5.73 Å². The molecule has 0 spiro atoms. The summed E-state index contributed by atoms with van der Waals surface area (Å²) in [6.07, 6.45) is 1.57. The molecule has 0 bridgehead atoms. The number of allylic oxidation sites excluding steroid dienone is 1. The van der Waals surface area contributed by atoms with Gasteiger partial charge in [-0.1, -0.05) is 0 Å². The molecule has 0 aromatic rings. The Morgan fingerprint density at radius 1 is 2.00 bits per heavy atom. The van der Waals surface area contributed by atoms with Crippen LogP contribution in [0.5, 0.6) is 0 Å². The third-order valence-electron chi connectivity index (χ3n) is 0.542. The molecule has 0 saturated heterocycles. The van der Waals surface area contributed by atoms with E-state index in [2.05, 4.69) is 0 Å².